The SMILES string of the molecule is CC[CH]S(=O)(=O)CCCCC. The summed E-state index contributed by atoms with van der Waals surface area (Å²) in [6.07, 6.45) is 3.50. The fraction of sp³-hybridized carbons (Fsp3) is 0.875. The van der Waals surface area contributed by atoms with Gasteiger partial charge in [-0.05, 0) is 12.8 Å². The first-order chi connectivity index (χ1) is 5.12. The number of hydrogen-bond donors (Lipinski definition) is 0. The van der Waals surface area contributed by atoms with Crippen LogP contribution >= 0.6 is 0 Å². The lowest BCUT2D eigenvalue weighted by molar-refractivity contribution is 0.595. The van der Waals surface area contributed by atoms with Crippen molar-refractivity contribution in [3.63, 3.8) is 0 Å². The highest BCUT2D eigenvalue weighted by Gasteiger charge is 2.07. The van der Waals surface area contributed by atoms with E-state index in [1.165, 1.54) is 5.75 Å². The Balaban J connectivity index is 3.56. The second-order valence-electron chi connectivity index (χ2n) is 2.65. The third kappa shape index (κ3) is 6.35. The zero-order valence-corrected chi connectivity index (χ0v) is 8.15. The maximum atomic E-state index is 11.0. The van der Waals surface area contributed by atoms with Crippen molar-refractivity contribution in [1.82, 2.24) is 0 Å². The van der Waals surface area contributed by atoms with E-state index in [1.807, 2.05) is 6.92 Å². The minimum atomic E-state index is -2.83. The molecule has 11 heavy (non-hydrogen) atoms. The van der Waals surface area contributed by atoms with Gasteiger partial charge in [-0.3, -0.25) is 0 Å². The van der Waals surface area contributed by atoms with E-state index in [0.29, 0.717) is 12.2 Å². The Hall–Kier alpha value is -0.0500. The first-order valence-electron chi connectivity index (χ1n) is 4.18. The first kappa shape index (κ1) is 11.0. The molecule has 3 heteroatoms. The molecule has 0 spiro atoms. The van der Waals surface area contributed by atoms with E-state index in [2.05, 4.69) is 6.92 Å². The van der Waals surface area contributed by atoms with Gasteiger partial charge in [0.25, 0.3) is 0 Å². The summed E-state index contributed by atoms with van der Waals surface area (Å²) in [5.74, 6) is 1.73. The maximum absolute atomic E-state index is 11.0. The smallest absolute Gasteiger partial charge is 0.154 e. The predicted molar refractivity (Wildman–Crippen MR) is 47.9 cm³/mol. The summed E-state index contributed by atoms with van der Waals surface area (Å²) in [6, 6.07) is 0. The Bertz CT molecular complexity index is 171. The van der Waals surface area contributed by atoms with Crippen LogP contribution in [0, 0.1) is 5.75 Å². The Morgan fingerprint density at radius 3 is 2.27 bits per heavy atom. The largest absolute Gasteiger partial charge is 0.229 e. The summed E-state index contributed by atoms with van der Waals surface area (Å²) in [5.41, 5.74) is 0. The van der Waals surface area contributed by atoms with Crippen molar-refractivity contribution in [2.75, 3.05) is 5.75 Å². The molecule has 0 saturated carbocycles. The summed E-state index contributed by atoms with van der Waals surface area (Å²) in [6.45, 7) is 3.91. The quantitative estimate of drug-likeness (QED) is 0.583. The topological polar surface area (TPSA) is 34.1 Å². The van der Waals surface area contributed by atoms with Gasteiger partial charge in [0.15, 0.2) is 9.84 Å². The molecule has 0 fully saturated rings. The van der Waals surface area contributed by atoms with E-state index in [4.69, 9.17) is 0 Å². The highest BCUT2D eigenvalue weighted by Crippen LogP contribution is 2.04. The molecule has 1 radical (unpaired) electrons. The van der Waals surface area contributed by atoms with Gasteiger partial charge in [0.05, 0.1) is 11.5 Å². The average molecular weight is 177 g/mol. The van der Waals surface area contributed by atoms with Crippen molar-refractivity contribution in [2.24, 2.45) is 0 Å². The number of unbranched alkanes of at least 4 members (excludes halogenated alkanes) is 2. The second-order valence-corrected chi connectivity index (χ2v) is 4.72. The molecule has 0 aliphatic rings. The molecular weight excluding hydrogens is 160 g/mol. The van der Waals surface area contributed by atoms with Crippen LogP contribution in [0.4, 0.5) is 0 Å². The van der Waals surface area contributed by atoms with Gasteiger partial charge in [-0.2, -0.15) is 0 Å². The minimum absolute atomic E-state index is 0.328. The van der Waals surface area contributed by atoms with E-state index in [0.717, 1.165) is 19.3 Å². The van der Waals surface area contributed by atoms with Crippen LogP contribution < -0.4 is 0 Å². The van der Waals surface area contributed by atoms with Crippen molar-refractivity contribution in [1.29, 1.82) is 0 Å². The Kier molecular flexibility index (Phi) is 5.56. The van der Waals surface area contributed by atoms with Crippen LogP contribution in [0.1, 0.15) is 39.5 Å². The summed E-state index contributed by atoms with van der Waals surface area (Å²) in [4.78, 5) is 0. The van der Waals surface area contributed by atoms with Gasteiger partial charge < -0.3 is 0 Å². The predicted octanol–water partition coefficient (Wildman–Crippen LogP) is 2.16. The van der Waals surface area contributed by atoms with Gasteiger partial charge >= 0.3 is 0 Å². The van der Waals surface area contributed by atoms with E-state index in [9.17, 15) is 8.42 Å². The van der Waals surface area contributed by atoms with Crippen LogP contribution in [0.25, 0.3) is 0 Å². The number of sulfone groups is 1. The van der Waals surface area contributed by atoms with Crippen molar-refractivity contribution >= 4 is 9.84 Å². The van der Waals surface area contributed by atoms with Gasteiger partial charge in [-0.15, -0.1) is 0 Å². The fourth-order valence-corrected chi connectivity index (χ4v) is 2.17. The highest BCUT2D eigenvalue weighted by molar-refractivity contribution is 7.93. The van der Waals surface area contributed by atoms with Crippen LogP contribution in [-0.4, -0.2) is 14.2 Å². The molecular formula is C8H17O2S. The van der Waals surface area contributed by atoms with Crippen LogP contribution in [-0.2, 0) is 9.84 Å². The minimum Gasteiger partial charge on any atom is -0.229 e. The van der Waals surface area contributed by atoms with Crippen LogP contribution in [0.5, 0.6) is 0 Å². The molecule has 0 amide bonds. The molecule has 67 valence electrons. The second kappa shape index (κ2) is 5.58. The molecule has 0 aliphatic carbocycles. The normalized spacial score (nSPS) is 11.8. The lowest BCUT2D eigenvalue weighted by Gasteiger charge is -1.99. The molecule has 0 aliphatic heterocycles. The molecule has 0 aromatic rings. The standard InChI is InChI=1S/C8H17O2S/c1-3-5-6-8-11(9,10)7-4-2/h7H,3-6,8H2,1-2H3. The van der Waals surface area contributed by atoms with Crippen molar-refractivity contribution in [3.05, 3.63) is 5.75 Å². The monoisotopic (exact) mass is 177 g/mol. The Labute approximate surface area is 69.9 Å². The molecule has 0 aromatic carbocycles. The fourth-order valence-electron chi connectivity index (χ4n) is 0.891. The maximum Gasteiger partial charge on any atom is 0.154 e. The summed E-state index contributed by atoms with van der Waals surface area (Å²) in [5, 5.41) is 0. The molecule has 0 atom stereocenters. The number of rotatable bonds is 6. The molecule has 0 bridgehead atoms. The molecule has 0 N–H and O–H groups in total. The Morgan fingerprint density at radius 1 is 1.18 bits per heavy atom. The summed E-state index contributed by atoms with van der Waals surface area (Å²) in [7, 11) is -2.83. The van der Waals surface area contributed by atoms with Gasteiger partial charge in [-0.25, -0.2) is 8.42 Å². The molecule has 0 rings (SSSR count). The first-order valence-corrected chi connectivity index (χ1v) is 5.90. The lowest BCUT2D eigenvalue weighted by atomic mass is 10.3. The van der Waals surface area contributed by atoms with Gasteiger partial charge in [0, 0.05) is 0 Å². The molecule has 0 saturated heterocycles. The molecule has 0 unspecified atom stereocenters. The van der Waals surface area contributed by atoms with Gasteiger partial charge in [-0.1, -0.05) is 26.7 Å². The molecule has 0 heterocycles. The summed E-state index contributed by atoms with van der Waals surface area (Å²) < 4.78 is 22.1. The van der Waals surface area contributed by atoms with Crippen molar-refractivity contribution < 1.29 is 8.42 Å². The molecule has 0 aromatic heterocycles. The van der Waals surface area contributed by atoms with Crippen LogP contribution in [0.2, 0.25) is 0 Å². The Morgan fingerprint density at radius 2 is 1.82 bits per heavy atom. The van der Waals surface area contributed by atoms with Crippen LogP contribution in [0.15, 0.2) is 0 Å². The third-order valence-electron chi connectivity index (χ3n) is 1.45. The summed E-state index contributed by atoms with van der Waals surface area (Å²) >= 11 is 0. The van der Waals surface area contributed by atoms with Gasteiger partial charge in [0.2, 0.25) is 0 Å². The van der Waals surface area contributed by atoms with E-state index in [-0.39, 0.29) is 0 Å². The lowest BCUT2D eigenvalue weighted by Crippen LogP contribution is -2.05. The van der Waals surface area contributed by atoms with E-state index >= 15 is 0 Å². The van der Waals surface area contributed by atoms with Crippen molar-refractivity contribution in [2.45, 2.75) is 39.5 Å². The zero-order valence-electron chi connectivity index (χ0n) is 7.34. The highest BCUT2D eigenvalue weighted by atomic mass is 32.2. The van der Waals surface area contributed by atoms with Gasteiger partial charge in [0.1, 0.15) is 0 Å². The van der Waals surface area contributed by atoms with Crippen LogP contribution in [0.3, 0.4) is 0 Å². The van der Waals surface area contributed by atoms with E-state index in [1.54, 1.807) is 0 Å². The molecule has 2 nitrogen and oxygen atoms in total. The third-order valence-corrected chi connectivity index (χ3v) is 3.15. The number of hydrogen-bond acceptors (Lipinski definition) is 2. The zero-order chi connectivity index (χ0) is 8.74. The average Bonchev–Trinajstić information content (AvgIpc) is 1.87. The van der Waals surface area contributed by atoms with Crippen molar-refractivity contribution in [3.8, 4) is 0 Å². The van der Waals surface area contributed by atoms with E-state index < -0.39 is 9.84 Å².